The van der Waals surface area contributed by atoms with Crippen LogP contribution >= 0.6 is 0 Å². The molecule has 0 aromatic heterocycles. The molecule has 0 saturated carbocycles. The monoisotopic (exact) mass is 419 g/mol. The van der Waals surface area contributed by atoms with E-state index in [0.717, 1.165) is 0 Å². The van der Waals surface area contributed by atoms with Crippen LogP contribution in [-0.4, -0.2) is 46.1 Å². The Bertz CT molecular complexity index is 753. The quantitative estimate of drug-likeness (QED) is 0.274. The minimum Gasteiger partial charge on any atom is -0.497 e. The minimum absolute atomic E-state index is 0.00255. The molecule has 1 heterocycles. The fourth-order valence-electron chi connectivity index (χ4n) is 3.19. The Hall–Kier alpha value is -2.12. The van der Waals surface area contributed by atoms with Gasteiger partial charge in [0, 0.05) is 5.69 Å². The second kappa shape index (κ2) is 8.71. The summed E-state index contributed by atoms with van der Waals surface area (Å²) in [6, 6.07) is 6.32. The van der Waals surface area contributed by atoms with Crippen molar-refractivity contribution in [2.24, 2.45) is 5.92 Å². The molecule has 0 bridgehead atoms. The maximum absolute atomic E-state index is 13.1. The highest BCUT2D eigenvalue weighted by atomic mass is 28.4. The van der Waals surface area contributed by atoms with Crippen molar-refractivity contribution in [2.75, 3.05) is 18.6 Å². The summed E-state index contributed by atoms with van der Waals surface area (Å²) < 4.78 is 16.9. The molecule has 2 rings (SSSR count). The van der Waals surface area contributed by atoms with Crippen molar-refractivity contribution in [3.8, 4) is 5.75 Å². The Morgan fingerprint density at radius 2 is 1.86 bits per heavy atom. The smallest absolute Gasteiger partial charge is 0.330 e. The summed E-state index contributed by atoms with van der Waals surface area (Å²) in [6.45, 7) is 16.3. The lowest BCUT2D eigenvalue weighted by Gasteiger charge is -2.49. The third kappa shape index (κ3) is 4.73. The molecular formula is C22H33NO5Si. The van der Waals surface area contributed by atoms with E-state index in [2.05, 4.69) is 40.4 Å². The summed E-state index contributed by atoms with van der Waals surface area (Å²) >= 11 is 0. The number of benzene rings is 1. The molecule has 1 aromatic carbocycles. The van der Waals surface area contributed by atoms with Gasteiger partial charge in [0.1, 0.15) is 18.4 Å². The summed E-state index contributed by atoms with van der Waals surface area (Å²) in [5.41, 5.74) is 0.632. The minimum atomic E-state index is -2.10. The van der Waals surface area contributed by atoms with Gasteiger partial charge in [0.2, 0.25) is 5.91 Å². The number of amides is 1. The van der Waals surface area contributed by atoms with E-state index in [1.54, 1.807) is 31.4 Å². The third-order valence-electron chi connectivity index (χ3n) is 5.87. The first-order valence-electron chi connectivity index (χ1n) is 9.87. The highest BCUT2D eigenvalue weighted by Gasteiger charge is 2.57. The van der Waals surface area contributed by atoms with Gasteiger partial charge in [0.15, 0.2) is 8.32 Å². The molecule has 29 heavy (non-hydrogen) atoms. The first-order valence-corrected chi connectivity index (χ1v) is 12.8. The largest absolute Gasteiger partial charge is 0.497 e. The highest BCUT2D eigenvalue weighted by Crippen LogP contribution is 2.42. The number of carbonyl (C=O) groups is 2. The lowest BCUT2D eigenvalue weighted by atomic mass is 9.82. The van der Waals surface area contributed by atoms with Gasteiger partial charge in [0.25, 0.3) is 0 Å². The number of anilines is 1. The fourth-order valence-corrected chi connectivity index (χ4v) is 4.62. The second-order valence-corrected chi connectivity index (χ2v) is 13.6. The van der Waals surface area contributed by atoms with Crippen molar-refractivity contribution in [3.05, 3.63) is 36.9 Å². The van der Waals surface area contributed by atoms with Crippen LogP contribution in [0.4, 0.5) is 5.69 Å². The van der Waals surface area contributed by atoms with E-state index in [9.17, 15) is 9.59 Å². The van der Waals surface area contributed by atoms with Crippen molar-refractivity contribution in [2.45, 2.75) is 58.0 Å². The predicted octanol–water partition coefficient (Wildman–Crippen LogP) is 4.17. The standard InChI is InChI=1S/C22H33NO5Si/c1-9-14-27-21(25)19-18(15(2)28-29(7,8)22(3,4)5)20(24)23(19)16-10-12-17(26-6)13-11-16/h9-13,15,18-19H,1,14H2,2-8H3/t15-,18-,19-/m1/s1. The number of β-lactam (4-membered cyclic amide) rings is 1. The van der Waals surface area contributed by atoms with Crippen LogP contribution in [0.1, 0.15) is 27.7 Å². The number of methoxy groups -OCH3 is 1. The van der Waals surface area contributed by atoms with Crippen LogP contribution in [0, 0.1) is 5.92 Å². The lowest BCUT2D eigenvalue weighted by molar-refractivity contribution is -0.156. The Morgan fingerprint density at radius 1 is 1.28 bits per heavy atom. The van der Waals surface area contributed by atoms with Gasteiger partial charge in [-0.25, -0.2) is 4.79 Å². The van der Waals surface area contributed by atoms with Crippen LogP contribution in [0.15, 0.2) is 36.9 Å². The van der Waals surface area contributed by atoms with E-state index >= 15 is 0 Å². The second-order valence-electron chi connectivity index (χ2n) is 8.88. The zero-order valence-corrected chi connectivity index (χ0v) is 19.5. The van der Waals surface area contributed by atoms with Gasteiger partial charge < -0.3 is 13.9 Å². The van der Waals surface area contributed by atoms with Crippen LogP contribution in [0.2, 0.25) is 18.1 Å². The van der Waals surface area contributed by atoms with E-state index in [1.807, 2.05) is 6.92 Å². The molecule has 1 aromatic rings. The number of rotatable bonds is 8. The van der Waals surface area contributed by atoms with E-state index in [0.29, 0.717) is 11.4 Å². The summed E-state index contributed by atoms with van der Waals surface area (Å²) in [6.07, 6.45) is 1.12. The highest BCUT2D eigenvalue weighted by molar-refractivity contribution is 6.74. The first-order chi connectivity index (χ1) is 13.4. The Kier molecular flexibility index (Phi) is 6.96. The average Bonchev–Trinajstić information content (AvgIpc) is 2.63. The topological polar surface area (TPSA) is 65.1 Å². The number of esters is 1. The van der Waals surface area contributed by atoms with Crippen molar-refractivity contribution in [1.29, 1.82) is 0 Å². The zero-order chi connectivity index (χ0) is 22.0. The third-order valence-corrected chi connectivity index (χ3v) is 10.4. The molecule has 0 radical (unpaired) electrons. The van der Waals surface area contributed by atoms with Crippen molar-refractivity contribution >= 4 is 25.9 Å². The molecule has 1 amide bonds. The van der Waals surface area contributed by atoms with Gasteiger partial charge in [-0.1, -0.05) is 33.4 Å². The molecule has 7 heteroatoms. The molecule has 1 fully saturated rings. The molecule has 1 aliphatic rings. The van der Waals surface area contributed by atoms with Crippen molar-refractivity contribution in [1.82, 2.24) is 0 Å². The Morgan fingerprint density at radius 3 is 2.34 bits per heavy atom. The molecule has 3 atom stereocenters. The van der Waals surface area contributed by atoms with Gasteiger partial charge in [0.05, 0.1) is 19.1 Å². The number of nitrogens with zero attached hydrogens (tertiary/aromatic N) is 1. The van der Waals surface area contributed by atoms with Gasteiger partial charge >= 0.3 is 5.97 Å². The van der Waals surface area contributed by atoms with E-state index in [-0.39, 0.29) is 23.7 Å². The van der Waals surface area contributed by atoms with Crippen molar-refractivity contribution in [3.63, 3.8) is 0 Å². The maximum Gasteiger partial charge on any atom is 0.330 e. The molecule has 0 aliphatic carbocycles. The Balaban J connectivity index is 2.29. The maximum atomic E-state index is 13.1. The molecule has 6 nitrogen and oxygen atoms in total. The van der Waals surface area contributed by atoms with E-state index in [1.165, 1.54) is 11.0 Å². The van der Waals surface area contributed by atoms with Gasteiger partial charge in [-0.05, 0) is 49.3 Å². The Labute approximate surface area is 175 Å². The van der Waals surface area contributed by atoms with Crippen LogP contribution in [0.25, 0.3) is 0 Å². The van der Waals surface area contributed by atoms with Crippen LogP contribution in [0.3, 0.4) is 0 Å². The molecule has 1 aliphatic heterocycles. The first kappa shape index (κ1) is 23.2. The number of carbonyl (C=O) groups excluding carboxylic acids is 2. The molecule has 1 saturated heterocycles. The van der Waals surface area contributed by atoms with Crippen LogP contribution in [-0.2, 0) is 18.8 Å². The van der Waals surface area contributed by atoms with E-state index < -0.39 is 26.2 Å². The van der Waals surface area contributed by atoms with E-state index in [4.69, 9.17) is 13.9 Å². The fraction of sp³-hybridized carbons (Fsp3) is 0.545. The summed E-state index contributed by atoms with van der Waals surface area (Å²) in [5.74, 6) is -0.486. The summed E-state index contributed by atoms with van der Waals surface area (Å²) in [5, 5.41) is 0.00255. The normalized spacial score (nSPS) is 20.7. The molecule has 0 unspecified atom stereocenters. The van der Waals surface area contributed by atoms with Crippen LogP contribution < -0.4 is 9.64 Å². The van der Waals surface area contributed by atoms with Crippen molar-refractivity contribution < 1.29 is 23.5 Å². The van der Waals surface area contributed by atoms with Gasteiger partial charge in [-0.15, -0.1) is 0 Å². The SMILES string of the molecule is C=CCOC(=O)[C@H]1[C@@H]([C@@H](C)O[Si](C)(C)C(C)(C)C)C(=O)N1c1ccc(OC)cc1. The van der Waals surface area contributed by atoms with Crippen LogP contribution in [0.5, 0.6) is 5.75 Å². The van der Waals surface area contributed by atoms with Gasteiger partial charge in [-0.3, -0.25) is 9.69 Å². The molecule has 0 N–H and O–H groups in total. The summed E-state index contributed by atoms with van der Waals surface area (Å²) in [4.78, 5) is 27.4. The summed E-state index contributed by atoms with van der Waals surface area (Å²) in [7, 11) is -0.523. The molecule has 0 spiro atoms. The van der Waals surface area contributed by atoms with Gasteiger partial charge in [-0.2, -0.15) is 0 Å². The number of hydrogen-bond acceptors (Lipinski definition) is 5. The lowest BCUT2D eigenvalue weighted by Crippen LogP contribution is -2.69. The zero-order valence-electron chi connectivity index (χ0n) is 18.5. The number of hydrogen-bond donors (Lipinski definition) is 0. The average molecular weight is 420 g/mol. The molecule has 160 valence electrons. The molecular weight excluding hydrogens is 386 g/mol. The predicted molar refractivity (Wildman–Crippen MR) is 117 cm³/mol. The number of ether oxygens (including phenoxy) is 2.